The van der Waals surface area contributed by atoms with Crippen molar-refractivity contribution in [3.63, 3.8) is 0 Å². The Morgan fingerprint density at radius 2 is 2.29 bits per heavy atom. The number of nitrogens with one attached hydrogen (secondary N) is 3. The summed E-state index contributed by atoms with van der Waals surface area (Å²) in [6.45, 7) is 2.16. The number of piperazine rings is 1. The zero-order valence-electron chi connectivity index (χ0n) is 9.09. The molecule has 1 aliphatic rings. The average molecular weight is 258 g/mol. The molecule has 0 aromatic heterocycles. The van der Waals surface area contributed by atoms with E-state index >= 15 is 0 Å². The summed E-state index contributed by atoms with van der Waals surface area (Å²) in [5, 5.41) is 8.86. The molecule has 2 rings (SSSR count). The maximum Gasteiger partial charge on any atom is 0.242 e. The lowest BCUT2D eigenvalue weighted by atomic mass is 10.2. The summed E-state index contributed by atoms with van der Waals surface area (Å²) >= 11 is 5.56. The van der Waals surface area contributed by atoms with Crippen LogP contribution in [0.3, 0.4) is 0 Å². The Morgan fingerprint density at radius 3 is 2.94 bits per heavy atom. The van der Waals surface area contributed by atoms with Gasteiger partial charge in [-0.1, -0.05) is 11.6 Å². The number of carbonyl (C=O) groups excluding carboxylic acids is 1. The predicted molar refractivity (Wildman–Crippen MR) is 64.7 cm³/mol. The van der Waals surface area contributed by atoms with Gasteiger partial charge in [0.15, 0.2) is 0 Å². The number of carbonyl (C=O) groups is 1. The van der Waals surface area contributed by atoms with Crippen molar-refractivity contribution in [2.24, 2.45) is 0 Å². The second-order valence-corrected chi connectivity index (χ2v) is 4.24. The van der Waals surface area contributed by atoms with Gasteiger partial charge in [0, 0.05) is 25.3 Å². The fraction of sp³-hybridized carbons (Fsp3) is 0.364. The van der Waals surface area contributed by atoms with Crippen LogP contribution >= 0.6 is 11.6 Å². The third-order valence-corrected chi connectivity index (χ3v) is 2.85. The van der Waals surface area contributed by atoms with E-state index in [4.69, 9.17) is 11.6 Å². The van der Waals surface area contributed by atoms with Gasteiger partial charge in [0.2, 0.25) is 5.91 Å². The lowest BCUT2D eigenvalue weighted by molar-refractivity contribution is -0.118. The second-order valence-electron chi connectivity index (χ2n) is 3.83. The lowest BCUT2D eigenvalue weighted by Crippen LogP contribution is -2.54. The van der Waals surface area contributed by atoms with Crippen LogP contribution in [-0.2, 0) is 4.79 Å². The van der Waals surface area contributed by atoms with Crippen molar-refractivity contribution in [1.82, 2.24) is 10.6 Å². The van der Waals surface area contributed by atoms with Crippen LogP contribution in [0.25, 0.3) is 0 Å². The minimum absolute atomic E-state index is 0.0421. The van der Waals surface area contributed by atoms with Gasteiger partial charge in [-0.2, -0.15) is 0 Å². The maximum atomic E-state index is 13.2. The number of halogens is 2. The first-order valence-electron chi connectivity index (χ1n) is 5.37. The number of hydrogen-bond donors (Lipinski definition) is 3. The molecule has 1 unspecified atom stereocenters. The first-order valence-corrected chi connectivity index (χ1v) is 5.74. The Labute approximate surface area is 104 Å². The van der Waals surface area contributed by atoms with Crippen LogP contribution in [0.15, 0.2) is 18.2 Å². The SMILES string of the molecule is O=C(Nc1ccc(Cl)c(F)c1)C1CNCCN1. The van der Waals surface area contributed by atoms with E-state index in [1.807, 2.05) is 0 Å². The van der Waals surface area contributed by atoms with Crippen molar-refractivity contribution in [2.45, 2.75) is 6.04 Å². The molecule has 92 valence electrons. The fourth-order valence-corrected chi connectivity index (χ4v) is 1.76. The van der Waals surface area contributed by atoms with Gasteiger partial charge in [0.05, 0.1) is 11.1 Å². The Balaban J connectivity index is 1.99. The highest BCUT2D eigenvalue weighted by molar-refractivity contribution is 6.30. The average Bonchev–Trinajstić information content (AvgIpc) is 2.35. The highest BCUT2D eigenvalue weighted by Gasteiger charge is 2.20. The molecule has 0 saturated carbocycles. The van der Waals surface area contributed by atoms with E-state index in [9.17, 15) is 9.18 Å². The summed E-state index contributed by atoms with van der Waals surface area (Å²) in [6, 6.07) is 3.90. The van der Waals surface area contributed by atoms with E-state index in [0.717, 1.165) is 13.1 Å². The summed E-state index contributed by atoms with van der Waals surface area (Å²) in [4.78, 5) is 11.8. The number of benzene rings is 1. The van der Waals surface area contributed by atoms with Crippen molar-refractivity contribution < 1.29 is 9.18 Å². The Kier molecular flexibility index (Phi) is 3.93. The molecule has 17 heavy (non-hydrogen) atoms. The first-order chi connectivity index (χ1) is 8.16. The Morgan fingerprint density at radius 1 is 1.47 bits per heavy atom. The molecule has 0 aliphatic carbocycles. The second kappa shape index (κ2) is 5.44. The van der Waals surface area contributed by atoms with Crippen LogP contribution in [0.1, 0.15) is 0 Å². The molecule has 1 heterocycles. The smallest absolute Gasteiger partial charge is 0.242 e. The topological polar surface area (TPSA) is 53.2 Å². The predicted octanol–water partition coefficient (Wildman–Crippen LogP) is 0.979. The molecule has 3 N–H and O–H groups in total. The van der Waals surface area contributed by atoms with Crippen LogP contribution < -0.4 is 16.0 Å². The molecule has 0 radical (unpaired) electrons. The van der Waals surface area contributed by atoms with Crippen molar-refractivity contribution in [3.05, 3.63) is 29.0 Å². The van der Waals surface area contributed by atoms with E-state index < -0.39 is 5.82 Å². The lowest BCUT2D eigenvalue weighted by Gasteiger charge is -2.23. The van der Waals surface area contributed by atoms with Gasteiger partial charge in [-0.25, -0.2) is 4.39 Å². The highest BCUT2D eigenvalue weighted by atomic mass is 35.5. The number of amides is 1. The van der Waals surface area contributed by atoms with Gasteiger partial charge < -0.3 is 16.0 Å². The monoisotopic (exact) mass is 257 g/mol. The van der Waals surface area contributed by atoms with E-state index in [1.165, 1.54) is 12.1 Å². The minimum Gasteiger partial charge on any atom is -0.325 e. The summed E-state index contributed by atoms with van der Waals surface area (Å²) in [5.41, 5.74) is 0.407. The molecule has 1 aromatic rings. The first kappa shape index (κ1) is 12.3. The third-order valence-electron chi connectivity index (χ3n) is 2.54. The van der Waals surface area contributed by atoms with E-state index in [1.54, 1.807) is 6.07 Å². The third kappa shape index (κ3) is 3.15. The van der Waals surface area contributed by atoms with Crippen LogP contribution in [0.2, 0.25) is 5.02 Å². The Bertz CT molecular complexity index is 421. The van der Waals surface area contributed by atoms with Gasteiger partial charge >= 0.3 is 0 Å². The molecule has 1 aromatic carbocycles. The van der Waals surface area contributed by atoms with Crippen molar-refractivity contribution in [2.75, 3.05) is 25.0 Å². The van der Waals surface area contributed by atoms with Crippen LogP contribution in [-0.4, -0.2) is 31.6 Å². The van der Waals surface area contributed by atoms with E-state index in [2.05, 4.69) is 16.0 Å². The fourth-order valence-electron chi connectivity index (χ4n) is 1.64. The molecular formula is C11H13ClFN3O. The van der Waals surface area contributed by atoms with Crippen LogP contribution in [0.4, 0.5) is 10.1 Å². The quantitative estimate of drug-likeness (QED) is 0.740. The van der Waals surface area contributed by atoms with Crippen molar-refractivity contribution in [1.29, 1.82) is 0 Å². The summed E-state index contributed by atoms with van der Waals surface area (Å²) in [5.74, 6) is -0.724. The van der Waals surface area contributed by atoms with Gasteiger partial charge in [-0.15, -0.1) is 0 Å². The molecule has 6 heteroatoms. The zero-order valence-corrected chi connectivity index (χ0v) is 9.85. The van der Waals surface area contributed by atoms with Crippen molar-refractivity contribution in [3.8, 4) is 0 Å². The van der Waals surface area contributed by atoms with Crippen LogP contribution in [0.5, 0.6) is 0 Å². The number of rotatable bonds is 2. The normalized spacial score (nSPS) is 20.0. The highest BCUT2D eigenvalue weighted by Crippen LogP contribution is 2.18. The molecule has 1 aliphatic heterocycles. The number of hydrogen-bond acceptors (Lipinski definition) is 3. The van der Waals surface area contributed by atoms with Gasteiger partial charge in [-0.05, 0) is 18.2 Å². The van der Waals surface area contributed by atoms with Gasteiger partial charge in [-0.3, -0.25) is 4.79 Å². The summed E-state index contributed by atoms with van der Waals surface area (Å²) < 4.78 is 13.2. The summed E-state index contributed by atoms with van der Waals surface area (Å²) in [6.07, 6.45) is 0. The zero-order chi connectivity index (χ0) is 12.3. The molecular weight excluding hydrogens is 245 g/mol. The van der Waals surface area contributed by atoms with E-state index in [0.29, 0.717) is 12.2 Å². The van der Waals surface area contributed by atoms with Crippen LogP contribution in [0, 0.1) is 5.82 Å². The molecule has 0 bridgehead atoms. The molecule has 1 fully saturated rings. The van der Waals surface area contributed by atoms with Gasteiger partial charge in [0.25, 0.3) is 0 Å². The number of anilines is 1. The largest absolute Gasteiger partial charge is 0.325 e. The molecule has 1 saturated heterocycles. The minimum atomic E-state index is -0.542. The summed E-state index contributed by atoms with van der Waals surface area (Å²) in [7, 11) is 0. The van der Waals surface area contributed by atoms with Gasteiger partial charge in [0.1, 0.15) is 5.82 Å². The molecule has 1 amide bonds. The Hall–Kier alpha value is -1.17. The van der Waals surface area contributed by atoms with E-state index in [-0.39, 0.29) is 17.0 Å². The molecule has 0 spiro atoms. The molecule has 4 nitrogen and oxygen atoms in total. The molecule has 1 atom stereocenters. The maximum absolute atomic E-state index is 13.2. The standard InChI is InChI=1S/C11H13ClFN3O/c12-8-2-1-7(5-9(8)13)16-11(17)10-6-14-3-4-15-10/h1-2,5,10,14-15H,3-4,6H2,(H,16,17). The van der Waals surface area contributed by atoms with Crippen molar-refractivity contribution >= 4 is 23.2 Å².